The Bertz CT molecular complexity index is 911. The largest absolute Gasteiger partial charge is 0.497 e. The molecule has 1 amide bonds. The number of carbonyl (C=O) groups excluding carboxylic acids is 1. The summed E-state index contributed by atoms with van der Waals surface area (Å²) < 4.78 is 15.9. The lowest BCUT2D eigenvalue weighted by molar-refractivity contribution is -0.127. The average Bonchev–Trinajstić information content (AvgIpc) is 3.17. The molecule has 0 aliphatic heterocycles. The summed E-state index contributed by atoms with van der Waals surface area (Å²) in [6.45, 7) is 1.73. The number of nitrogens with zero attached hydrogens (tertiary/aromatic N) is 2. The third-order valence-corrected chi connectivity index (χ3v) is 4.05. The van der Waals surface area contributed by atoms with Gasteiger partial charge in [-0.15, -0.1) is 0 Å². The van der Waals surface area contributed by atoms with Gasteiger partial charge in [0.25, 0.3) is 5.91 Å². The summed E-state index contributed by atoms with van der Waals surface area (Å²) in [4.78, 5) is 16.5. The molecular formula is C19H18ClN3O4. The van der Waals surface area contributed by atoms with Gasteiger partial charge in [-0.1, -0.05) is 28.9 Å². The Kier molecular flexibility index (Phi) is 5.93. The third-order valence-electron chi connectivity index (χ3n) is 3.74. The van der Waals surface area contributed by atoms with Crippen molar-refractivity contribution in [3.8, 4) is 22.9 Å². The van der Waals surface area contributed by atoms with Crippen molar-refractivity contribution in [2.24, 2.45) is 0 Å². The second kappa shape index (κ2) is 8.55. The first kappa shape index (κ1) is 18.7. The lowest BCUT2D eigenvalue weighted by Gasteiger charge is -2.14. The summed E-state index contributed by atoms with van der Waals surface area (Å²) in [5.41, 5.74) is 0.785. The third kappa shape index (κ3) is 4.77. The zero-order valence-electron chi connectivity index (χ0n) is 14.8. The van der Waals surface area contributed by atoms with E-state index in [1.54, 1.807) is 50.4 Å². The highest BCUT2D eigenvalue weighted by Gasteiger charge is 2.17. The predicted octanol–water partition coefficient (Wildman–Crippen LogP) is 3.48. The van der Waals surface area contributed by atoms with E-state index in [1.807, 2.05) is 12.1 Å². The van der Waals surface area contributed by atoms with Gasteiger partial charge in [0, 0.05) is 5.56 Å². The number of nitrogens with one attached hydrogen (secondary N) is 1. The van der Waals surface area contributed by atoms with Crippen molar-refractivity contribution >= 4 is 17.5 Å². The molecule has 0 bridgehead atoms. The molecule has 3 rings (SSSR count). The number of para-hydroxylation sites is 1. The van der Waals surface area contributed by atoms with E-state index in [0.717, 1.165) is 11.3 Å². The summed E-state index contributed by atoms with van der Waals surface area (Å²) in [6, 6.07) is 14.2. The number of aromatic nitrogens is 2. The summed E-state index contributed by atoms with van der Waals surface area (Å²) in [7, 11) is 1.60. The van der Waals surface area contributed by atoms with E-state index in [-0.39, 0.29) is 12.5 Å². The monoisotopic (exact) mass is 387 g/mol. The molecule has 1 N–H and O–H groups in total. The van der Waals surface area contributed by atoms with Crippen LogP contribution in [0.3, 0.4) is 0 Å². The van der Waals surface area contributed by atoms with E-state index >= 15 is 0 Å². The Hall–Kier alpha value is -3.06. The van der Waals surface area contributed by atoms with Crippen molar-refractivity contribution < 1.29 is 18.8 Å². The highest BCUT2D eigenvalue weighted by molar-refractivity contribution is 6.32. The average molecular weight is 388 g/mol. The minimum absolute atomic E-state index is 0.0954. The second-order valence-corrected chi connectivity index (χ2v) is 6.06. The van der Waals surface area contributed by atoms with Crippen molar-refractivity contribution in [3.05, 3.63) is 59.4 Å². The molecular weight excluding hydrogens is 370 g/mol. The van der Waals surface area contributed by atoms with Crippen LogP contribution < -0.4 is 14.8 Å². The maximum Gasteiger partial charge on any atom is 0.261 e. The molecule has 0 aliphatic rings. The lowest BCUT2D eigenvalue weighted by Crippen LogP contribution is -2.36. The number of amides is 1. The van der Waals surface area contributed by atoms with Crippen LogP contribution in [0.1, 0.15) is 12.8 Å². The molecule has 0 fully saturated rings. The topological polar surface area (TPSA) is 86.5 Å². The summed E-state index contributed by atoms with van der Waals surface area (Å²) in [5, 5.41) is 7.06. The Balaban J connectivity index is 1.56. The lowest BCUT2D eigenvalue weighted by atomic mass is 10.2. The van der Waals surface area contributed by atoms with Gasteiger partial charge in [-0.25, -0.2) is 0 Å². The van der Waals surface area contributed by atoms with E-state index in [9.17, 15) is 4.79 Å². The van der Waals surface area contributed by atoms with Crippen molar-refractivity contribution in [3.63, 3.8) is 0 Å². The Morgan fingerprint density at radius 2 is 1.96 bits per heavy atom. The zero-order chi connectivity index (χ0) is 19.2. The maximum absolute atomic E-state index is 12.2. The fourth-order valence-electron chi connectivity index (χ4n) is 2.27. The fraction of sp³-hybridized carbons (Fsp3) is 0.211. The van der Waals surface area contributed by atoms with Gasteiger partial charge in [-0.2, -0.15) is 4.98 Å². The minimum Gasteiger partial charge on any atom is -0.497 e. The van der Waals surface area contributed by atoms with Crippen LogP contribution in [-0.2, 0) is 11.3 Å². The fourth-order valence-corrected chi connectivity index (χ4v) is 2.46. The van der Waals surface area contributed by atoms with Crippen LogP contribution >= 0.6 is 11.6 Å². The van der Waals surface area contributed by atoms with E-state index in [4.69, 9.17) is 25.6 Å². The van der Waals surface area contributed by atoms with E-state index in [0.29, 0.717) is 22.5 Å². The summed E-state index contributed by atoms with van der Waals surface area (Å²) in [5.74, 6) is 1.59. The number of ether oxygens (including phenoxy) is 2. The standard InChI is InChI=1S/C19H18ClN3O4/c1-12(26-16-6-4-3-5-15(16)20)19(24)21-11-17-22-18(23-27-17)13-7-9-14(25-2)10-8-13/h3-10,12H,11H2,1-2H3,(H,21,24). The maximum atomic E-state index is 12.2. The molecule has 0 aliphatic carbocycles. The quantitative estimate of drug-likeness (QED) is 0.667. The first-order valence-electron chi connectivity index (χ1n) is 8.22. The van der Waals surface area contributed by atoms with Crippen LogP contribution in [0, 0.1) is 0 Å². The summed E-state index contributed by atoms with van der Waals surface area (Å²) in [6.07, 6.45) is -0.728. The number of hydrogen-bond donors (Lipinski definition) is 1. The van der Waals surface area contributed by atoms with Gasteiger partial charge >= 0.3 is 0 Å². The Morgan fingerprint density at radius 1 is 1.22 bits per heavy atom. The van der Waals surface area contributed by atoms with E-state index in [1.165, 1.54) is 0 Å². The van der Waals surface area contributed by atoms with Crippen molar-refractivity contribution in [1.82, 2.24) is 15.5 Å². The molecule has 8 heteroatoms. The SMILES string of the molecule is COc1ccc(-c2noc(CNC(=O)C(C)Oc3ccccc3Cl)n2)cc1. The number of hydrogen-bond acceptors (Lipinski definition) is 6. The second-order valence-electron chi connectivity index (χ2n) is 5.65. The van der Waals surface area contributed by atoms with Crippen LogP contribution in [-0.4, -0.2) is 29.3 Å². The first-order chi connectivity index (χ1) is 13.1. The predicted molar refractivity (Wildman–Crippen MR) is 99.7 cm³/mol. The van der Waals surface area contributed by atoms with E-state index in [2.05, 4.69) is 15.5 Å². The molecule has 0 spiro atoms. The molecule has 1 atom stereocenters. The zero-order valence-corrected chi connectivity index (χ0v) is 15.6. The molecule has 1 unspecified atom stereocenters. The molecule has 1 heterocycles. The first-order valence-corrected chi connectivity index (χ1v) is 8.60. The van der Waals surface area contributed by atoms with Gasteiger partial charge in [-0.3, -0.25) is 4.79 Å². The normalized spacial score (nSPS) is 11.7. The highest BCUT2D eigenvalue weighted by Crippen LogP contribution is 2.24. The molecule has 27 heavy (non-hydrogen) atoms. The number of carbonyl (C=O) groups is 1. The Morgan fingerprint density at radius 3 is 2.67 bits per heavy atom. The van der Waals surface area contributed by atoms with Crippen molar-refractivity contribution in [1.29, 1.82) is 0 Å². The number of methoxy groups -OCH3 is 1. The molecule has 1 aromatic heterocycles. The van der Waals surface area contributed by atoms with Crippen LogP contribution in [0.2, 0.25) is 5.02 Å². The van der Waals surface area contributed by atoms with Gasteiger partial charge in [0.05, 0.1) is 18.7 Å². The molecule has 7 nitrogen and oxygen atoms in total. The number of rotatable bonds is 7. The van der Waals surface area contributed by atoms with Gasteiger partial charge in [0.15, 0.2) is 6.10 Å². The minimum atomic E-state index is -0.728. The van der Waals surface area contributed by atoms with Crippen LogP contribution in [0.4, 0.5) is 0 Å². The molecule has 3 aromatic rings. The van der Waals surface area contributed by atoms with E-state index < -0.39 is 6.10 Å². The molecule has 0 saturated carbocycles. The number of benzene rings is 2. The number of halogens is 1. The molecule has 140 valence electrons. The van der Waals surface area contributed by atoms with Gasteiger partial charge in [0.1, 0.15) is 11.5 Å². The van der Waals surface area contributed by atoms with Crippen LogP contribution in [0.5, 0.6) is 11.5 Å². The van der Waals surface area contributed by atoms with Gasteiger partial charge in [-0.05, 0) is 43.3 Å². The van der Waals surface area contributed by atoms with Crippen molar-refractivity contribution in [2.45, 2.75) is 19.6 Å². The highest BCUT2D eigenvalue weighted by atomic mass is 35.5. The van der Waals surface area contributed by atoms with Crippen LogP contribution in [0.25, 0.3) is 11.4 Å². The Labute approximate surface area is 161 Å². The smallest absolute Gasteiger partial charge is 0.261 e. The molecule has 0 saturated heterocycles. The molecule has 2 aromatic carbocycles. The van der Waals surface area contributed by atoms with Gasteiger partial charge < -0.3 is 19.3 Å². The van der Waals surface area contributed by atoms with Crippen molar-refractivity contribution in [2.75, 3.05) is 7.11 Å². The van der Waals surface area contributed by atoms with Crippen LogP contribution in [0.15, 0.2) is 53.1 Å². The van der Waals surface area contributed by atoms with Gasteiger partial charge in [0.2, 0.25) is 11.7 Å². The molecule has 0 radical (unpaired) electrons. The summed E-state index contributed by atoms with van der Waals surface area (Å²) >= 11 is 6.03.